The van der Waals surface area contributed by atoms with Gasteiger partial charge in [-0.15, -0.1) is 0 Å². The minimum atomic E-state index is 0.519. The first-order valence-corrected chi connectivity index (χ1v) is 5.70. The summed E-state index contributed by atoms with van der Waals surface area (Å²) in [6, 6.07) is 7.74. The van der Waals surface area contributed by atoms with Crippen LogP contribution in [0.4, 0.5) is 17.2 Å². The monoisotopic (exact) mass is 247 g/mol. The number of hydrogen-bond acceptors (Lipinski definition) is 3. The fourth-order valence-corrected chi connectivity index (χ4v) is 1.78. The molecule has 2 rings (SSSR count). The van der Waals surface area contributed by atoms with E-state index >= 15 is 0 Å². The number of halogens is 1. The molecule has 0 unspecified atom stereocenters. The summed E-state index contributed by atoms with van der Waals surface area (Å²) in [5.41, 5.74) is 9.57. The minimum absolute atomic E-state index is 0.519. The zero-order valence-corrected chi connectivity index (χ0v) is 10.5. The average Bonchev–Trinajstić information content (AvgIpc) is 2.28. The van der Waals surface area contributed by atoms with Crippen LogP contribution in [0.1, 0.15) is 11.1 Å². The molecule has 88 valence electrons. The highest BCUT2D eigenvalue weighted by Gasteiger charge is 2.05. The van der Waals surface area contributed by atoms with Gasteiger partial charge in [0.05, 0.1) is 16.9 Å². The number of hydrogen-bond donors (Lipinski definition) is 2. The van der Waals surface area contributed by atoms with E-state index in [2.05, 4.69) is 30.2 Å². The van der Waals surface area contributed by atoms with E-state index in [0.29, 0.717) is 16.5 Å². The average molecular weight is 248 g/mol. The number of nitrogens with zero attached hydrogens (tertiary/aromatic N) is 1. The van der Waals surface area contributed by atoms with Crippen LogP contribution in [0, 0.1) is 13.8 Å². The number of aryl methyl sites for hydroxylation is 1. The van der Waals surface area contributed by atoms with Crippen molar-refractivity contribution in [2.45, 2.75) is 13.8 Å². The molecule has 1 aromatic carbocycles. The Morgan fingerprint density at radius 2 is 2.06 bits per heavy atom. The Balaban J connectivity index is 2.35. The van der Waals surface area contributed by atoms with E-state index in [4.69, 9.17) is 17.3 Å². The second kappa shape index (κ2) is 4.63. The van der Waals surface area contributed by atoms with Gasteiger partial charge in [-0.3, -0.25) is 0 Å². The molecule has 0 spiro atoms. The quantitative estimate of drug-likeness (QED) is 0.851. The Bertz CT molecular complexity index is 552. The van der Waals surface area contributed by atoms with Gasteiger partial charge in [0.1, 0.15) is 5.82 Å². The van der Waals surface area contributed by atoms with Crippen LogP contribution in [0.2, 0.25) is 5.02 Å². The van der Waals surface area contributed by atoms with Crippen molar-refractivity contribution < 1.29 is 0 Å². The van der Waals surface area contributed by atoms with Crippen LogP contribution in [0.3, 0.4) is 0 Å². The third-order valence-electron chi connectivity index (χ3n) is 2.72. The molecule has 0 fully saturated rings. The van der Waals surface area contributed by atoms with E-state index in [9.17, 15) is 0 Å². The first kappa shape index (κ1) is 11.7. The molecular weight excluding hydrogens is 234 g/mol. The molecule has 1 aromatic heterocycles. The van der Waals surface area contributed by atoms with Crippen molar-refractivity contribution in [1.82, 2.24) is 4.98 Å². The standard InChI is InChI=1S/C13H14ClN3/c1-8-4-3-5-12(9(8)2)17-13-11(14)6-10(15)7-16-13/h3-7H,15H2,1-2H3,(H,16,17). The van der Waals surface area contributed by atoms with Crippen molar-refractivity contribution in [3.8, 4) is 0 Å². The number of pyridine rings is 1. The Labute approximate surface area is 106 Å². The molecule has 1 heterocycles. The highest BCUT2D eigenvalue weighted by molar-refractivity contribution is 6.33. The lowest BCUT2D eigenvalue weighted by molar-refractivity contribution is 1.28. The summed E-state index contributed by atoms with van der Waals surface area (Å²) in [4.78, 5) is 4.18. The Morgan fingerprint density at radius 3 is 2.76 bits per heavy atom. The van der Waals surface area contributed by atoms with E-state index in [1.54, 1.807) is 12.3 Å². The van der Waals surface area contributed by atoms with Crippen molar-refractivity contribution >= 4 is 28.8 Å². The molecule has 3 nitrogen and oxygen atoms in total. The number of benzene rings is 1. The summed E-state index contributed by atoms with van der Waals surface area (Å²) in [5, 5.41) is 3.73. The first-order valence-electron chi connectivity index (χ1n) is 5.32. The van der Waals surface area contributed by atoms with E-state index in [0.717, 1.165) is 5.69 Å². The van der Waals surface area contributed by atoms with Gasteiger partial charge in [0.2, 0.25) is 0 Å². The number of anilines is 3. The summed E-state index contributed by atoms with van der Waals surface area (Å²) in [5.74, 6) is 0.620. The van der Waals surface area contributed by atoms with Crippen LogP contribution in [-0.2, 0) is 0 Å². The first-order chi connectivity index (χ1) is 8.08. The molecule has 0 amide bonds. The third-order valence-corrected chi connectivity index (χ3v) is 3.01. The van der Waals surface area contributed by atoms with Crippen LogP contribution < -0.4 is 11.1 Å². The van der Waals surface area contributed by atoms with E-state index < -0.39 is 0 Å². The smallest absolute Gasteiger partial charge is 0.149 e. The number of aromatic nitrogens is 1. The highest BCUT2D eigenvalue weighted by Crippen LogP contribution is 2.27. The summed E-state index contributed by atoms with van der Waals surface area (Å²) in [7, 11) is 0. The molecule has 3 N–H and O–H groups in total. The summed E-state index contributed by atoms with van der Waals surface area (Å²) < 4.78 is 0. The number of nitrogens with one attached hydrogen (secondary N) is 1. The molecule has 0 radical (unpaired) electrons. The Morgan fingerprint density at radius 1 is 1.29 bits per heavy atom. The molecule has 0 aliphatic rings. The molecular formula is C13H14ClN3. The van der Waals surface area contributed by atoms with Crippen molar-refractivity contribution in [2.24, 2.45) is 0 Å². The normalized spacial score (nSPS) is 10.3. The lowest BCUT2D eigenvalue weighted by Crippen LogP contribution is -1.98. The van der Waals surface area contributed by atoms with Gasteiger partial charge in [0, 0.05) is 5.69 Å². The van der Waals surface area contributed by atoms with Gasteiger partial charge in [-0.25, -0.2) is 4.98 Å². The van der Waals surface area contributed by atoms with Crippen LogP contribution in [0.5, 0.6) is 0 Å². The molecule has 0 bridgehead atoms. The van der Waals surface area contributed by atoms with Crippen molar-refractivity contribution in [2.75, 3.05) is 11.1 Å². The van der Waals surface area contributed by atoms with Gasteiger partial charge in [-0.05, 0) is 37.1 Å². The van der Waals surface area contributed by atoms with Crippen LogP contribution in [0.15, 0.2) is 30.5 Å². The predicted molar refractivity (Wildman–Crippen MR) is 72.9 cm³/mol. The number of nitrogens with two attached hydrogens (primary N) is 1. The number of nitrogen functional groups attached to an aromatic ring is 1. The molecule has 0 aliphatic heterocycles. The van der Waals surface area contributed by atoms with Gasteiger partial charge < -0.3 is 11.1 Å². The maximum atomic E-state index is 6.07. The highest BCUT2D eigenvalue weighted by atomic mass is 35.5. The molecule has 2 aromatic rings. The molecule has 0 atom stereocenters. The SMILES string of the molecule is Cc1cccc(Nc2ncc(N)cc2Cl)c1C. The van der Waals surface area contributed by atoms with Crippen molar-refractivity contribution in [3.05, 3.63) is 46.6 Å². The second-order valence-corrected chi connectivity index (χ2v) is 4.38. The van der Waals surface area contributed by atoms with Crippen LogP contribution in [0.25, 0.3) is 0 Å². The lowest BCUT2D eigenvalue weighted by atomic mass is 10.1. The van der Waals surface area contributed by atoms with Gasteiger partial charge >= 0.3 is 0 Å². The van der Waals surface area contributed by atoms with Crippen molar-refractivity contribution in [1.29, 1.82) is 0 Å². The van der Waals surface area contributed by atoms with Crippen LogP contribution >= 0.6 is 11.6 Å². The van der Waals surface area contributed by atoms with E-state index in [1.165, 1.54) is 11.1 Å². The molecule has 0 saturated carbocycles. The fourth-order valence-electron chi connectivity index (χ4n) is 1.56. The fraction of sp³-hybridized carbons (Fsp3) is 0.154. The summed E-state index contributed by atoms with van der Waals surface area (Å²) in [6.07, 6.45) is 1.58. The molecule has 0 saturated heterocycles. The maximum Gasteiger partial charge on any atom is 0.149 e. The molecule has 0 aliphatic carbocycles. The predicted octanol–water partition coefficient (Wildman–Crippen LogP) is 3.68. The lowest BCUT2D eigenvalue weighted by Gasteiger charge is -2.11. The summed E-state index contributed by atoms with van der Waals surface area (Å²) in [6.45, 7) is 4.13. The zero-order chi connectivity index (χ0) is 12.4. The topological polar surface area (TPSA) is 50.9 Å². The van der Waals surface area contributed by atoms with E-state index in [-0.39, 0.29) is 0 Å². The zero-order valence-electron chi connectivity index (χ0n) is 9.79. The minimum Gasteiger partial charge on any atom is -0.397 e. The maximum absolute atomic E-state index is 6.07. The summed E-state index contributed by atoms with van der Waals surface area (Å²) >= 11 is 6.07. The van der Waals surface area contributed by atoms with E-state index in [1.807, 2.05) is 12.1 Å². The van der Waals surface area contributed by atoms with Gasteiger partial charge in [-0.1, -0.05) is 23.7 Å². The number of rotatable bonds is 2. The largest absolute Gasteiger partial charge is 0.397 e. The third kappa shape index (κ3) is 2.50. The molecule has 17 heavy (non-hydrogen) atoms. The van der Waals surface area contributed by atoms with Crippen LogP contribution in [-0.4, -0.2) is 4.98 Å². The molecule has 4 heteroatoms. The van der Waals surface area contributed by atoms with Gasteiger partial charge in [0.25, 0.3) is 0 Å². The van der Waals surface area contributed by atoms with Gasteiger partial charge in [0.15, 0.2) is 0 Å². The second-order valence-electron chi connectivity index (χ2n) is 3.97. The Hall–Kier alpha value is -1.74. The van der Waals surface area contributed by atoms with Crippen molar-refractivity contribution in [3.63, 3.8) is 0 Å². The Kier molecular flexibility index (Phi) is 3.20. The van der Waals surface area contributed by atoms with Gasteiger partial charge in [-0.2, -0.15) is 0 Å².